The van der Waals surface area contributed by atoms with Gasteiger partial charge in [-0.2, -0.15) is 0 Å². The zero-order valence-electron chi connectivity index (χ0n) is 10.7. The summed E-state index contributed by atoms with van der Waals surface area (Å²) in [7, 11) is 0. The molecule has 3 nitrogen and oxygen atoms in total. The Morgan fingerprint density at radius 2 is 2.28 bits per heavy atom. The molecule has 0 saturated heterocycles. The normalized spacial score (nSPS) is 14.4. The summed E-state index contributed by atoms with van der Waals surface area (Å²) >= 11 is 0. The lowest BCUT2D eigenvalue weighted by molar-refractivity contribution is 0.309. The average molecular weight is 245 g/mol. The lowest BCUT2D eigenvalue weighted by Crippen LogP contribution is -2.02. The van der Waals surface area contributed by atoms with E-state index >= 15 is 0 Å². The van der Waals surface area contributed by atoms with Gasteiger partial charge in [0, 0.05) is 0 Å². The second kappa shape index (κ2) is 6.24. The zero-order chi connectivity index (χ0) is 12.8. The first-order valence-electron chi connectivity index (χ1n) is 6.47. The molecule has 96 valence electrons. The first-order chi connectivity index (χ1) is 8.83. The van der Waals surface area contributed by atoms with Gasteiger partial charge in [-0.1, -0.05) is 24.6 Å². The van der Waals surface area contributed by atoms with Gasteiger partial charge in [0.2, 0.25) is 0 Å². The summed E-state index contributed by atoms with van der Waals surface area (Å²) in [6.45, 7) is 2.94. The number of allylic oxidation sites excluding steroid dienone is 1. The summed E-state index contributed by atoms with van der Waals surface area (Å²) in [5, 5.41) is 11.6. The van der Waals surface area contributed by atoms with Crippen LogP contribution in [0.15, 0.2) is 28.9 Å². The Morgan fingerprint density at radius 3 is 3.06 bits per heavy atom. The summed E-state index contributed by atoms with van der Waals surface area (Å²) in [6, 6.07) is 6.19. The van der Waals surface area contributed by atoms with Gasteiger partial charge in [0.05, 0.1) is 12.8 Å². The lowest BCUT2D eigenvalue weighted by atomic mass is 9.92. The Labute approximate surface area is 108 Å². The number of fused-ring (bicyclic) bond motifs is 1. The number of nitrogens with zero attached hydrogens (tertiary/aromatic N) is 1. The summed E-state index contributed by atoms with van der Waals surface area (Å²) in [4.78, 5) is 0. The molecule has 0 bridgehead atoms. The van der Waals surface area contributed by atoms with E-state index in [0.717, 1.165) is 43.6 Å². The molecule has 0 radical (unpaired) electrons. The molecular weight excluding hydrogens is 226 g/mol. The molecule has 0 aromatic heterocycles. The molecule has 1 aliphatic carbocycles. The van der Waals surface area contributed by atoms with E-state index in [4.69, 9.17) is 9.94 Å². The standard InChI is InChI=1S/C15H19NO2/c1-2-3-8-18-15-7-6-13-9-12(11-16-17)4-5-14(13)10-15/h6-7,9-11,17H,2-5,8H2,1H3. The Hall–Kier alpha value is -1.77. The van der Waals surface area contributed by atoms with Crippen LogP contribution in [0.4, 0.5) is 0 Å². The molecule has 0 amide bonds. The number of benzene rings is 1. The average Bonchev–Trinajstić information content (AvgIpc) is 2.39. The highest BCUT2D eigenvalue weighted by Gasteiger charge is 2.10. The predicted octanol–water partition coefficient (Wildman–Crippen LogP) is 3.66. The van der Waals surface area contributed by atoms with Gasteiger partial charge in [0.15, 0.2) is 0 Å². The largest absolute Gasteiger partial charge is 0.494 e. The fourth-order valence-electron chi connectivity index (χ4n) is 2.09. The molecule has 0 spiro atoms. The third kappa shape index (κ3) is 3.13. The van der Waals surface area contributed by atoms with Crippen LogP contribution in [0.3, 0.4) is 0 Å². The minimum absolute atomic E-state index is 0.785. The maximum absolute atomic E-state index is 8.54. The third-order valence-electron chi connectivity index (χ3n) is 3.13. The van der Waals surface area contributed by atoms with Gasteiger partial charge in [-0.05, 0) is 54.2 Å². The predicted molar refractivity (Wildman–Crippen MR) is 73.4 cm³/mol. The molecule has 0 unspecified atom stereocenters. The number of ether oxygens (including phenoxy) is 1. The van der Waals surface area contributed by atoms with Crippen molar-refractivity contribution in [1.82, 2.24) is 0 Å². The van der Waals surface area contributed by atoms with Crippen molar-refractivity contribution >= 4 is 12.3 Å². The van der Waals surface area contributed by atoms with Crippen molar-refractivity contribution in [2.45, 2.75) is 32.6 Å². The minimum atomic E-state index is 0.785. The quantitative estimate of drug-likeness (QED) is 0.372. The molecule has 0 heterocycles. The first-order valence-corrected chi connectivity index (χ1v) is 6.47. The Bertz CT molecular complexity index is 464. The zero-order valence-corrected chi connectivity index (χ0v) is 10.7. The van der Waals surface area contributed by atoms with Gasteiger partial charge >= 0.3 is 0 Å². The summed E-state index contributed by atoms with van der Waals surface area (Å²) < 4.78 is 5.70. The monoisotopic (exact) mass is 245 g/mol. The van der Waals surface area contributed by atoms with Crippen molar-refractivity contribution in [1.29, 1.82) is 0 Å². The fourth-order valence-corrected chi connectivity index (χ4v) is 2.09. The fraction of sp³-hybridized carbons (Fsp3) is 0.400. The molecule has 1 N–H and O–H groups in total. The number of aryl methyl sites for hydroxylation is 1. The number of oxime groups is 1. The Balaban J connectivity index is 2.10. The molecule has 0 aliphatic heterocycles. The van der Waals surface area contributed by atoms with Gasteiger partial charge in [-0.3, -0.25) is 0 Å². The van der Waals surface area contributed by atoms with E-state index in [1.165, 1.54) is 17.3 Å². The van der Waals surface area contributed by atoms with Crippen molar-refractivity contribution in [3.8, 4) is 5.75 Å². The van der Waals surface area contributed by atoms with E-state index in [2.05, 4.69) is 30.3 Å². The van der Waals surface area contributed by atoms with Crippen LogP contribution in [-0.4, -0.2) is 18.0 Å². The lowest BCUT2D eigenvalue weighted by Gasteiger charge is -2.15. The number of rotatable bonds is 5. The van der Waals surface area contributed by atoms with Gasteiger partial charge in [0.25, 0.3) is 0 Å². The highest BCUT2D eigenvalue weighted by atomic mass is 16.5. The van der Waals surface area contributed by atoms with Crippen molar-refractivity contribution in [2.24, 2.45) is 5.16 Å². The molecular formula is C15H19NO2. The van der Waals surface area contributed by atoms with Crippen molar-refractivity contribution in [3.63, 3.8) is 0 Å². The van der Waals surface area contributed by atoms with Crippen LogP contribution in [0.5, 0.6) is 5.75 Å². The molecule has 0 fully saturated rings. The Morgan fingerprint density at radius 1 is 1.39 bits per heavy atom. The molecule has 1 aliphatic rings. The smallest absolute Gasteiger partial charge is 0.119 e. The molecule has 0 saturated carbocycles. The Kier molecular flexibility index (Phi) is 4.40. The van der Waals surface area contributed by atoms with E-state index in [9.17, 15) is 0 Å². The highest BCUT2D eigenvalue weighted by Crippen LogP contribution is 2.26. The summed E-state index contributed by atoms with van der Waals surface area (Å²) in [6.07, 6.45) is 7.70. The van der Waals surface area contributed by atoms with Crippen LogP contribution in [0.25, 0.3) is 6.08 Å². The van der Waals surface area contributed by atoms with Crippen LogP contribution < -0.4 is 4.74 Å². The molecule has 1 aromatic rings. The number of hydrogen-bond donors (Lipinski definition) is 1. The van der Waals surface area contributed by atoms with E-state index in [1.54, 1.807) is 0 Å². The molecule has 0 atom stereocenters. The second-order valence-electron chi connectivity index (χ2n) is 4.53. The van der Waals surface area contributed by atoms with Crippen molar-refractivity contribution in [3.05, 3.63) is 34.9 Å². The van der Waals surface area contributed by atoms with E-state index in [0.29, 0.717) is 0 Å². The van der Waals surface area contributed by atoms with Gasteiger partial charge in [-0.25, -0.2) is 0 Å². The maximum atomic E-state index is 8.54. The highest BCUT2D eigenvalue weighted by molar-refractivity contribution is 5.86. The number of hydrogen-bond acceptors (Lipinski definition) is 3. The van der Waals surface area contributed by atoms with E-state index in [-0.39, 0.29) is 0 Å². The topological polar surface area (TPSA) is 41.8 Å². The first kappa shape index (κ1) is 12.7. The summed E-state index contributed by atoms with van der Waals surface area (Å²) in [5.74, 6) is 0.954. The van der Waals surface area contributed by atoms with Crippen molar-refractivity contribution < 1.29 is 9.94 Å². The van der Waals surface area contributed by atoms with Crippen LogP contribution in [0, 0.1) is 0 Å². The van der Waals surface area contributed by atoms with Gasteiger partial charge < -0.3 is 9.94 Å². The molecule has 1 aromatic carbocycles. The van der Waals surface area contributed by atoms with Crippen LogP contribution in [-0.2, 0) is 6.42 Å². The van der Waals surface area contributed by atoms with E-state index < -0.39 is 0 Å². The van der Waals surface area contributed by atoms with Gasteiger partial charge in [0.1, 0.15) is 5.75 Å². The van der Waals surface area contributed by atoms with Gasteiger partial charge in [-0.15, -0.1) is 0 Å². The SMILES string of the molecule is CCCCOc1ccc2c(c1)CCC(C=NO)=C2. The van der Waals surface area contributed by atoms with Crippen molar-refractivity contribution in [2.75, 3.05) is 6.61 Å². The minimum Gasteiger partial charge on any atom is -0.494 e. The number of unbranched alkanes of at least 4 members (excludes halogenated alkanes) is 1. The molecule has 2 rings (SSSR count). The molecule has 18 heavy (non-hydrogen) atoms. The van der Waals surface area contributed by atoms with Crippen LogP contribution in [0.2, 0.25) is 0 Å². The van der Waals surface area contributed by atoms with E-state index in [1.807, 2.05) is 6.07 Å². The van der Waals surface area contributed by atoms with Crippen LogP contribution in [0.1, 0.15) is 37.3 Å². The molecule has 3 heteroatoms. The second-order valence-corrected chi connectivity index (χ2v) is 4.53. The van der Waals surface area contributed by atoms with Crippen LogP contribution >= 0.6 is 0 Å². The maximum Gasteiger partial charge on any atom is 0.119 e. The third-order valence-corrected chi connectivity index (χ3v) is 3.13. The summed E-state index contributed by atoms with van der Waals surface area (Å²) in [5.41, 5.74) is 3.56.